The van der Waals surface area contributed by atoms with Crippen molar-refractivity contribution in [2.24, 2.45) is 0 Å². The Balaban J connectivity index is 1.77. The van der Waals surface area contributed by atoms with Crippen LogP contribution in [0, 0.1) is 0 Å². The molecule has 7 heteroatoms. The zero-order valence-electron chi connectivity index (χ0n) is 12.2. The largest absolute Gasteiger partial charge is 0.451 e. The van der Waals surface area contributed by atoms with Gasteiger partial charge in [-0.2, -0.15) is 0 Å². The maximum Gasteiger partial charge on any atom is 0.305 e. The third kappa shape index (κ3) is 3.13. The first kappa shape index (κ1) is 15.8. The number of benzene rings is 2. The van der Waals surface area contributed by atoms with Gasteiger partial charge < -0.3 is 4.42 Å². The van der Waals surface area contributed by atoms with E-state index in [9.17, 15) is 14.4 Å². The quantitative estimate of drug-likeness (QED) is 0.700. The molecule has 0 saturated heterocycles. The number of halogens is 1. The molecule has 0 radical (unpaired) electrons. The van der Waals surface area contributed by atoms with E-state index in [0.717, 1.165) is 6.07 Å². The van der Waals surface area contributed by atoms with Crippen molar-refractivity contribution in [1.29, 1.82) is 0 Å². The first-order valence-electron chi connectivity index (χ1n) is 6.94. The Morgan fingerprint density at radius 1 is 0.917 bits per heavy atom. The number of hydrogen-bond acceptors (Lipinski definition) is 4. The first-order valence-corrected chi connectivity index (χ1v) is 7.32. The number of amides is 2. The maximum absolute atomic E-state index is 12.1. The van der Waals surface area contributed by atoms with Crippen molar-refractivity contribution in [3.05, 3.63) is 81.2 Å². The average Bonchev–Trinajstić information content (AvgIpc) is 2.59. The van der Waals surface area contributed by atoms with E-state index in [0.29, 0.717) is 5.39 Å². The van der Waals surface area contributed by atoms with Gasteiger partial charge in [-0.05, 0) is 24.3 Å². The van der Waals surface area contributed by atoms with Crippen LogP contribution in [0.5, 0.6) is 0 Å². The van der Waals surface area contributed by atoms with Gasteiger partial charge in [0.2, 0.25) is 0 Å². The van der Waals surface area contributed by atoms with Crippen molar-refractivity contribution < 1.29 is 14.0 Å². The minimum Gasteiger partial charge on any atom is -0.451 e. The lowest BCUT2D eigenvalue weighted by molar-refractivity contribution is 0.0831. The summed E-state index contributed by atoms with van der Waals surface area (Å²) in [5.41, 5.74) is 4.55. The molecule has 2 N–H and O–H groups in total. The molecule has 3 rings (SSSR count). The molecule has 2 aromatic carbocycles. The highest BCUT2D eigenvalue weighted by Gasteiger charge is 2.14. The molecular weight excluding hydrogens is 332 g/mol. The van der Waals surface area contributed by atoms with Crippen LogP contribution in [0.25, 0.3) is 11.0 Å². The number of carbonyl (C=O) groups is 2. The Labute approximate surface area is 141 Å². The number of nitrogens with one attached hydrogen (secondary N) is 2. The van der Waals surface area contributed by atoms with Gasteiger partial charge >= 0.3 is 5.91 Å². The van der Waals surface area contributed by atoms with E-state index in [-0.39, 0.29) is 27.4 Å². The van der Waals surface area contributed by atoms with Crippen molar-refractivity contribution in [3.8, 4) is 0 Å². The predicted molar refractivity (Wildman–Crippen MR) is 88.9 cm³/mol. The van der Waals surface area contributed by atoms with E-state index in [4.69, 9.17) is 16.0 Å². The van der Waals surface area contributed by atoms with Gasteiger partial charge in [0.05, 0.1) is 16.0 Å². The van der Waals surface area contributed by atoms with Crippen LogP contribution in [0.3, 0.4) is 0 Å². The highest BCUT2D eigenvalue weighted by molar-refractivity contribution is 6.33. The maximum atomic E-state index is 12.1. The topological polar surface area (TPSA) is 88.4 Å². The fourth-order valence-corrected chi connectivity index (χ4v) is 2.33. The van der Waals surface area contributed by atoms with E-state index in [1.165, 1.54) is 6.07 Å². The Hall–Kier alpha value is -3.12. The fourth-order valence-electron chi connectivity index (χ4n) is 2.10. The lowest BCUT2D eigenvalue weighted by Gasteiger charge is -2.08. The summed E-state index contributed by atoms with van der Waals surface area (Å²) >= 11 is 5.90. The van der Waals surface area contributed by atoms with Gasteiger partial charge in [0.15, 0.2) is 11.2 Å². The van der Waals surface area contributed by atoms with Crippen molar-refractivity contribution >= 4 is 34.4 Å². The smallest absolute Gasteiger partial charge is 0.305 e. The standard InChI is InChI=1S/C17H11ClN2O4/c18-12-7-3-1-5-10(12)16(22)19-20-17(23)15-9-13(21)11-6-2-4-8-14(11)24-15/h1-9H,(H,19,22)(H,20,23). The monoisotopic (exact) mass is 342 g/mol. The van der Waals surface area contributed by atoms with Crippen LogP contribution in [0.1, 0.15) is 20.9 Å². The van der Waals surface area contributed by atoms with E-state index in [2.05, 4.69) is 10.9 Å². The summed E-state index contributed by atoms with van der Waals surface area (Å²) in [6.07, 6.45) is 0. The Morgan fingerprint density at radius 2 is 1.58 bits per heavy atom. The molecule has 1 aromatic heterocycles. The molecule has 0 fully saturated rings. The summed E-state index contributed by atoms with van der Waals surface area (Å²) in [5, 5.41) is 0.621. The molecule has 6 nitrogen and oxygen atoms in total. The Kier molecular flexibility index (Phi) is 4.31. The van der Waals surface area contributed by atoms with Crippen LogP contribution in [-0.2, 0) is 0 Å². The zero-order chi connectivity index (χ0) is 17.1. The molecule has 2 amide bonds. The molecule has 0 unspecified atom stereocenters. The summed E-state index contributed by atoms with van der Waals surface area (Å²) < 4.78 is 5.38. The van der Waals surface area contributed by atoms with Crippen LogP contribution in [0.4, 0.5) is 0 Å². The third-order valence-electron chi connectivity index (χ3n) is 3.27. The van der Waals surface area contributed by atoms with E-state index >= 15 is 0 Å². The molecule has 120 valence electrons. The number of fused-ring (bicyclic) bond motifs is 1. The molecule has 0 saturated carbocycles. The lowest BCUT2D eigenvalue weighted by Crippen LogP contribution is -2.41. The Morgan fingerprint density at radius 3 is 2.38 bits per heavy atom. The minimum atomic E-state index is -0.752. The van der Waals surface area contributed by atoms with E-state index < -0.39 is 11.8 Å². The minimum absolute atomic E-state index is 0.208. The second kappa shape index (κ2) is 6.55. The molecule has 1 heterocycles. The highest BCUT2D eigenvalue weighted by atomic mass is 35.5. The van der Waals surface area contributed by atoms with Crippen LogP contribution in [0.15, 0.2) is 63.8 Å². The third-order valence-corrected chi connectivity index (χ3v) is 3.60. The van der Waals surface area contributed by atoms with Crippen LogP contribution in [0.2, 0.25) is 5.02 Å². The highest BCUT2D eigenvalue weighted by Crippen LogP contribution is 2.14. The molecule has 0 aliphatic carbocycles. The molecule has 0 aliphatic heterocycles. The molecule has 0 atom stereocenters. The molecule has 0 bridgehead atoms. The normalized spacial score (nSPS) is 10.4. The summed E-state index contributed by atoms with van der Waals surface area (Å²) in [6, 6.07) is 14.0. The fraction of sp³-hybridized carbons (Fsp3) is 0. The number of hydrogen-bond donors (Lipinski definition) is 2. The summed E-state index contributed by atoms with van der Waals surface area (Å²) in [6.45, 7) is 0. The van der Waals surface area contributed by atoms with Crippen LogP contribution in [-0.4, -0.2) is 11.8 Å². The lowest BCUT2D eigenvalue weighted by atomic mass is 10.2. The zero-order valence-corrected chi connectivity index (χ0v) is 13.0. The molecular formula is C17H11ClN2O4. The van der Waals surface area contributed by atoms with Crippen molar-refractivity contribution in [1.82, 2.24) is 10.9 Å². The summed E-state index contributed by atoms with van der Waals surface area (Å²) in [4.78, 5) is 36.0. The van der Waals surface area contributed by atoms with Gasteiger partial charge in [0.1, 0.15) is 5.58 Å². The van der Waals surface area contributed by atoms with Crippen molar-refractivity contribution in [2.45, 2.75) is 0 Å². The molecule has 0 spiro atoms. The van der Waals surface area contributed by atoms with Gasteiger partial charge in [-0.25, -0.2) is 0 Å². The summed E-state index contributed by atoms with van der Waals surface area (Å²) in [5.74, 6) is -1.55. The van der Waals surface area contributed by atoms with Crippen LogP contribution >= 0.6 is 11.6 Å². The Bertz CT molecular complexity index is 997. The van der Waals surface area contributed by atoms with Crippen molar-refractivity contribution in [2.75, 3.05) is 0 Å². The molecule has 3 aromatic rings. The first-order chi connectivity index (χ1) is 11.6. The van der Waals surface area contributed by atoms with Gasteiger partial charge in [0, 0.05) is 6.07 Å². The molecule has 0 aliphatic rings. The molecule has 24 heavy (non-hydrogen) atoms. The second-order valence-electron chi connectivity index (χ2n) is 4.86. The van der Waals surface area contributed by atoms with Crippen LogP contribution < -0.4 is 16.3 Å². The summed E-state index contributed by atoms with van der Waals surface area (Å²) in [7, 11) is 0. The number of carbonyl (C=O) groups excluding carboxylic acids is 2. The predicted octanol–water partition coefficient (Wildman–Crippen LogP) is 2.52. The van der Waals surface area contributed by atoms with Gasteiger partial charge in [-0.1, -0.05) is 35.9 Å². The van der Waals surface area contributed by atoms with Gasteiger partial charge in [-0.3, -0.25) is 25.2 Å². The number of para-hydroxylation sites is 1. The van der Waals surface area contributed by atoms with E-state index in [1.54, 1.807) is 42.5 Å². The van der Waals surface area contributed by atoms with E-state index in [1.807, 2.05) is 0 Å². The average molecular weight is 343 g/mol. The van der Waals surface area contributed by atoms with Gasteiger partial charge in [0.25, 0.3) is 5.91 Å². The van der Waals surface area contributed by atoms with Crippen molar-refractivity contribution in [3.63, 3.8) is 0 Å². The SMILES string of the molecule is O=C(NNC(=O)c1ccccc1Cl)c1cc(=O)c2ccccc2o1. The number of rotatable bonds is 2. The second-order valence-corrected chi connectivity index (χ2v) is 5.27. The number of hydrazine groups is 1. The van der Waals surface area contributed by atoms with Gasteiger partial charge in [-0.15, -0.1) is 0 Å².